The molecule has 4 heteroatoms. The van der Waals surface area contributed by atoms with Crippen LogP contribution >= 0.6 is 0 Å². The molecule has 7 fully saturated rings. The highest BCUT2D eigenvalue weighted by Gasteiger charge is 2.82. The van der Waals surface area contributed by atoms with Crippen molar-refractivity contribution in [2.45, 2.75) is 70.4 Å². The Morgan fingerprint density at radius 2 is 2.04 bits per heavy atom. The molecule has 1 heterocycles. The fourth-order valence-electron chi connectivity index (χ4n) is 10.3. The van der Waals surface area contributed by atoms with Gasteiger partial charge >= 0.3 is 0 Å². The number of carbonyl (C=O) groups is 1. The molecule has 6 bridgehead atoms. The average Bonchev–Trinajstić information content (AvgIpc) is 2.64. The normalized spacial score (nSPS) is 62.6. The Morgan fingerprint density at radius 1 is 1.23 bits per heavy atom. The third-order valence-corrected chi connectivity index (χ3v) is 10.4. The highest BCUT2D eigenvalue weighted by molar-refractivity contribution is 5.86. The number of rotatable bonds is 2. The molecule has 4 nitrogen and oxygen atoms in total. The Balaban J connectivity index is 1.59. The van der Waals surface area contributed by atoms with Crippen LogP contribution in [0, 0.1) is 39.9 Å². The van der Waals surface area contributed by atoms with Crippen LogP contribution in [0.25, 0.3) is 0 Å². The van der Waals surface area contributed by atoms with E-state index in [0.29, 0.717) is 29.6 Å². The van der Waals surface area contributed by atoms with Gasteiger partial charge in [-0.1, -0.05) is 13.3 Å². The molecule has 6 saturated carbocycles. The molecule has 0 aromatic rings. The lowest BCUT2D eigenvalue weighted by Crippen LogP contribution is -2.69. The highest BCUT2D eigenvalue weighted by atomic mass is 16.3. The van der Waals surface area contributed by atoms with Crippen molar-refractivity contribution in [3.8, 4) is 0 Å². The fourth-order valence-corrected chi connectivity index (χ4v) is 10.3. The molecule has 2 spiro atoms. The van der Waals surface area contributed by atoms with Gasteiger partial charge in [-0.15, -0.1) is 0 Å². The van der Waals surface area contributed by atoms with Gasteiger partial charge in [0.25, 0.3) is 0 Å². The van der Waals surface area contributed by atoms with Crippen LogP contribution in [0.4, 0.5) is 0 Å². The van der Waals surface area contributed by atoms with Crippen LogP contribution in [0.15, 0.2) is 0 Å². The lowest BCUT2D eigenvalue weighted by atomic mass is 9.38. The largest absolute Gasteiger partial charge is 0.395 e. The predicted octanol–water partition coefficient (Wildman–Crippen LogP) is 2.23. The second-order valence-electron chi connectivity index (χ2n) is 11.4. The Morgan fingerprint density at radius 3 is 2.81 bits per heavy atom. The maximum absolute atomic E-state index is 13.6. The van der Waals surface area contributed by atoms with Gasteiger partial charge in [-0.3, -0.25) is 9.69 Å². The summed E-state index contributed by atoms with van der Waals surface area (Å²) in [5, 5.41) is 20.9. The van der Waals surface area contributed by atoms with Crippen molar-refractivity contribution in [3.63, 3.8) is 0 Å². The van der Waals surface area contributed by atoms with E-state index >= 15 is 0 Å². The minimum atomic E-state index is -0.593. The molecule has 1 aliphatic heterocycles. The van der Waals surface area contributed by atoms with Crippen LogP contribution in [0.5, 0.6) is 0 Å². The van der Waals surface area contributed by atoms with Gasteiger partial charge in [0.2, 0.25) is 0 Å². The molecule has 9 atom stereocenters. The smallest absolute Gasteiger partial charge is 0.137 e. The summed E-state index contributed by atoms with van der Waals surface area (Å²) in [6.07, 6.45) is 7.39. The molecule has 7 rings (SSSR count). The third kappa shape index (κ3) is 1.53. The van der Waals surface area contributed by atoms with E-state index in [2.05, 4.69) is 11.8 Å². The Hall–Kier alpha value is -0.450. The topological polar surface area (TPSA) is 60.8 Å². The number of hydrogen-bond donors (Lipinski definition) is 2. The molecule has 0 amide bonds. The van der Waals surface area contributed by atoms with Crippen molar-refractivity contribution in [3.05, 3.63) is 0 Å². The monoisotopic (exact) mass is 359 g/mol. The summed E-state index contributed by atoms with van der Waals surface area (Å²) in [5.41, 5.74) is -0.343. The molecule has 6 aliphatic carbocycles. The predicted molar refractivity (Wildman–Crippen MR) is 97.3 cm³/mol. The standard InChI is InChI=1S/C22H33NO3/c1-19-4-3-5-22-16-9-13-8-14(18(22)23(12-19)6-7-24)21(16,11-20(13,2)26)10-15(25)17(19)22/h13-14,16-18,24,26H,3-12H2,1-2H3/t13-,14-,16+,17-,18+,19-,20-,21+,22+/m0/s1. The van der Waals surface area contributed by atoms with E-state index in [1.165, 1.54) is 12.8 Å². The summed E-state index contributed by atoms with van der Waals surface area (Å²) in [6.45, 7) is 6.35. The van der Waals surface area contributed by atoms with E-state index in [0.717, 1.165) is 45.2 Å². The quantitative estimate of drug-likeness (QED) is 0.794. The number of hydrogen-bond acceptors (Lipinski definition) is 4. The molecule has 0 aromatic heterocycles. The van der Waals surface area contributed by atoms with Gasteiger partial charge in [0, 0.05) is 31.5 Å². The van der Waals surface area contributed by atoms with Gasteiger partial charge in [-0.2, -0.15) is 0 Å². The van der Waals surface area contributed by atoms with Crippen molar-refractivity contribution < 1.29 is 15.0 Å². The van der Waals surface area contributed by atoms with Crippen LogP contribution in [0.1, 0.15) is 58.8 Å². The number of β-amino-alcohol motifs (C(OH)–C–C–N with tert-alkyl or cyclic N) is 1. The van der Waals surface area contributed by atoms with Crippen LogP contribution in [0.3, 0.4) is 0 Å². The zero-order valence-electron chi connectivity index (χ0n) is 16.2. The first-order valence-corrected chi connectivity index (χ1v) is 10.9. The summed E-state index contributed by atoms with van der Waals surface area (Å²) in [5.74, 6) is 2.32. The Kier molecular flexibility index (Phi) is 2.90. The summed E-state index contributed by atoms with van der Waals surface area (Å²) >= 11 is 0. The van der Waals surface area contributed by atoms with E-state index in [-0.39, 0.29) is 28.8 Å². The molecule has 144 valence electrons. The summed E-state index contributed by atoms with van der Waals surface area (Å²) in [7, 11) is 0. The molecule has 0 radical (unpaired) electrons. The van der Waals surface area contributed by atoms with Crippen LogP contribution in [-0.2, 0) is 4.79 Å². The lowest BCUT2D eigenvalue weighted by Gasteiger charge is -2.67. The second-order valence-corrected chi connectivity index (χ2v) is 11.4. The third-order valence-electron chi connectivity index (χ3n) is 10.4. The van der Waals surface area contributed by atoms with Gasteiger partial charge < -0.3 is 10.2 Å². The molecular formula is C22H33NO3. The van der Waals surface area contributed by atoms with Crippen molar-refractivity contribution in [2.24, 2.45) is 39.9 Å². The molecule has 2 N–H and O–H groups in total. The van der Waals surface area contributed by atoms with Gasteiger partial charge in [0.15, 0.2) is 0 Å². The van der Waals surface area contributed by atoms with Crippen LogP contribution in [0.2, 0.25) is 0 Å². The summed E-state index contributed by atoms with van der Waals surface area (Å²) in [4.78, 5) is 16.2. The van der Waals surface area contributed by atoms with E-state index in [4.69, 9.17) is 0 Å². The van der Waals surface area contributed by atoms with Crippen molar-refractivity contribution >= 4 is 5.78 Å². The number of likely N-dealkylation sites (tertiary alicyclic amines) is 1. The Labute approximate surface area is 156 Å². The molecule has 0 aromatic carbocycles. The van der Waals surface area contributed by atoms with Crippen molar-refractivity contribution in [2.75, 3.05) is 19.7 Å². The SMILES string of the molecule is C[C@]12CCC[C@]34[C@@H]5C[C@@H]6C[C@@H]([C@H]3N(CCO)C1)[C@@]5(CC(=O)[C@@H]24)C[C@]6(C)O. The number of carbonyl (C=O) groups excluding carboxylic acids is 1. The minimum absolute atomic E-state index is 0.0345. The molecule has 7 aliphatic rings. The summed E-state index contributed by atoms with van der Waals surface area (Å²) in [6, 6.07) is 0.463. The number of aliphatic hydroxyl groups is 2. The molecule has 0 unspecified atom stereocenters. The number of ketones is 1. The fraction of sp³-hybridized carbons (Fsp3) is 0.955. The van der Waals surface area contributed by atoms with E-state index in [1.807, 2.05) is 6.92 Å². The van der Waals surface area contributed by atoms with Crippen LogP contribution in [-0.4, -0.2) is 52.2 Å². The van der Waals surface area contributed by atoms with Crippen molar-refractivity contribution in [1.82, 2.24) is 4.90 Å². The van der Waals surface area contributed by atoms with E-state index in [1.54, 1.807) is 0 Å². The van der Waals surface area contributed by atoms with Gasteiger partial charge in [0.05, 0.1) is 12.2 Å². The average molecular weight is 360 g/mol. The highest BCUT2D eigenvalue weighted by Crippen LogP contribution is 2.82. The van der Waals surface area contributed by atoms with Gasteiger partial charge in [-0.05, 0) is 73.0 Å². The number of aliphatic hydroxyl groups excluding tert-OH is 1. The molecule has 1 saturated heterocycles. The maximum atomic E-state index is 13.6. The van der Waals surface area contributed by atoms with Gasteiger partial charge in [-0.25, -0.2) is 0 Å². The second kappa shape index (κ2) is 4.58. The zero-order chi connectivity index (χ0) is 18.1. The first-order chi connectivity index (χ1) is 12.3. The first-order valence-electron chi connectivity index (χ1n) is 10.9. The zero-order valence-corrected chi connectivity index (χ0v) is 16.2. The first kappa shape index (κ1) is 16.5. The number of piperidine rings is 1. The molecular weight excluding hydrogens is 326 g/mol. The maximum Gasteiger partial charge on any atom is 0.137 e. The number of fused-ring (bicyclic) bond motifs is 1. The lowest BCUT2D eigenvalue weighted by molar-refractivity contribution is -0.211. The van der Waals surface area contributed by atoms with Gasteiger partial charge in [0.1, 0.15) is 5.78 Å². The van der Waals surface area contributed by atoms with E-state index in [9.17, 15) is 15.0 Å². The van der Waals surface area contributed by atoms with E-state index < -0.39 is 5.60 Å². The number of Topliss-reactive ketones (excluding diaryl/α,β-unsaturated/α-hetero) is 1. The summed E-state index contributed by atoms with van der Waals surface area (Å²) < 4.78 is 0. The minimum Gasteiger partial charge on any atom is -0.395 e. The number of nitrogens with zero attached hydrogens (tertiary/aromatic N) is 1. The Bertz CT molecular complexity index is 691. The van der Waals surface area contributed by atoms with Crippen molar-refractivity contribution in [1.29, 1.82) is 0 Å². The van der Waals surface area contributed by atoms with Crippen LogP contribution < -0.4 is 0 Å². The molecule has 26 heavy (non-hydrogen) atoms.